The SMILES string of the molecule is Cc1cc(-c2cccnc2)nc2c(C(=O)NC(C)C3CC3)ncn12. The maximum atomic E-state index is 12.6. The van der Waals surface area contributed by atoms with Crippen LogP contribution in [0.5, 0.6) is 0 Å². The highest BCUT2D eigenvalue weighted by Gasteiger charge is 2.30. The van der Waals surface area contributed by atoms with Gasteiger partial charge in [-0.05, 0) is 50.8 Å². The Balaban J connectivity index is 1.74. The lowest BCUT2D eigenvalue weighted by atomic mass is 10.2. The predicted molar refractivity (Wildman–Crippen MR) is 90.6 cm³/mol. The molecule has 1 unspecified atom stereocenters. The molecule has 122 valence electrons. The minimum atomic E-state index is -0.160. The van der Waals surface area contributed by atoms with Gasteiger partial charge in [0.25, 0.3) is 5.91 Å². The zero-order valence-electron chi connectivity index (χ0n) is 13.7. The van der Waals surface area contributed by atoms with Crippen molar-refractivity contribution in [3.63, 3.8) is 0 Å². The summed E-state index contributed by atoms with van der Waals surface area (Å²) < 4.78 is 1.84. The van der Waals surface area contributed by atoms with E-state index in [1.54, 1.807) is 18.7 Å². The van der Waals surface area contributed by atoms with E-state index in [1.165, 1.54) is 12.8 Å². The zero-order valence-corrected chi connectivity index (χ0v) is 13.7. The van der Waals surface area contributed by atoms with E-state index in [-0.39, 0.29) is 11.9 Å². The molecular formula is C18H19N5O. The van der Waals surface area contributed by atoms with Gasteiger partial charge in [0.1, 0.15) is 6.33 Å². The molecule has 0 aliphatic heterocycles. The Morgan fingerprint density at radius 1 is 1.42 bits per heavy atom. The Bertz CT molecular complexity index is 898. The fraction of sp³-hybridized carbons (Fsp3) is 0.333. The van der Waals surface area contributed by atoms with E-state index < -0.39 is 0 Å². The molecule has 1 aliphatic carbocycles. The van der Waals surface area contributed by atoms with E-state index in [0.717, 1.165) is 17.0 Å². The fourth-order valence-corrected chi connectivity index (χ4v) is 2.93. The van der Waals surface area contributed by atoms with Gasteiger partial charge < -0.3 is 5.32 Å². The van der Waals surface area contributed by atoms with Gasteiger partial charge in [0, 0.05) is 29.7 Å². The molecule has 1 fully saturated rings. The van der Waals surface area contributed by atoms with Crippen molar-refractivity contribution >= 4 is 11.6 Å². The molecule has 3 heterocycles. The molecule has 0 radical (unpaired) electrons. The third-order valence-corrected chi connectivity index (χ3v) is 4.55. The zero-order chi connectivity index (χ0) is 16.7. The van der Waals surface area contributed by atoms with Crippen molar-refractivity contribution in [1.82, 2.24) is 24.7 Å². The van der Waals surface area contributed by atoms with Crippen molar-refractivity contribution in [2.24, 2.45) is 5.92 Å². The normalized spacial score (nSPS) is 15.4. The first-order valence-corrected chi connectivity index (χ1v) is 8.19. The highest BCUT2D eigenvalue weighted by molar-refractivity contribution is 5.98. The molecule has 0 bridgehead atoms. The lowest BCUT2D eigenvalue weighted by molar-refractivity contribution is 0.0933. The second kappa shape index (κ2) is 5.70. The van der Waals surface area contributed by atoms with Gasteiger partial charge >= 0.3 is 0 Å². The predicted octanol–water partition coefficient (Wildman–Crippen LogP) is 2.63. The first-order chi connectivity index (χ1) is 11.6. The summed E-state index contributed by atoms with van der Waals surface area (Å²) in [6, 6.07) is 5.98. The third kappa shape index (κ3) is 2.64. The Morgan fingerprint density at radius 3 is 2.96 bits per heavy atom. The van der Waals surface area contributed by atoms with E-state index in [2.05, 4.69) is 20.3 Å². The van der Waals surface area contributed by atoms with Crippen LogP contribution in [-0.2, 0) is 0 Å². The summed E-state index contributed by atoms with van der Waals surface area (Å²) in [5.74, 6) is 0.440. The van der Waals surface area contributed by atoms with Crippen LogP contribution in [0, 0.1) is 12.8 Å². The highest BCUT2D eigenvalue weighted by atomic mass is 16.2. The maximum absolute atomic E-state index is 12.6. The number of hydrogen-bond donors (Lipinski definition) is 1. The van der Waals surface area contributed by atoms with Crippen LogP contribution in [0.25, 0.3) is 16.9 Å². The second-order valence-electron chi connectivity index (χ2n) is 6.41. The number of aryl methyl sites for hydroxylation is 1. The van der Waals surface area contributed by atoms with Crippen LogP contribution in [0.15, 0.2) is 36.9 Å². The van der Waals surface area contributed by atoms with Crippen LogP contribution < -0.4 is 5.32 Å². The first-order valence-electron chi connectivity index (χ1n) is 8.19. The Hall–Kier alpha value is -2.76. The molecule has 0 aromatic carbocycles. The number of carbonyl (C=O) groups excluding carboxylic acids is 1. The molecule has 3 aromatic heterocycles. The van der Waals surface area contributed by atoms with Gasteiger partial charge in [0.05, 0.1) is 5.69 Å². The van der Waals surface area contributed by atoms with Gasteiger partial charge in [-0.15, -0.1) is 0 Å². The monoisotopic (exact) mass is 321 g/mol. The molecule has 1 atom stereocenters. The summed E-state index contributed by atoms with van der Waals surface area (Å²) in [6.07, 6.45) is 7.53. The van der Waals surface area contributed by atoms with Crippen molar-refractivity contribution < 1.29 is 4.79 Å². The number of nitrogens with one attached hydrogen (secondary N) is 1. The largest absolute Gasteiger partial charge is 0.348 e. The van der Waals surface area contributed by atoms with Crippen molar-refractivity contribution in [2.75, 3.05) is 0 Å². The molecule has 1 saturated carbocycles. The van der Waals surface area contributed by atoms with E-state index >= 15 is 0 Å². The summed E-state index contributed by atoms with van der Waals surface area (Å²) in [5, 5.41) is 3.05. The van der Waals surface area contributed by atoms with Crippen LogP contribution in [0.1, 0.15) is 35.9 Å². The van der Waals surface area contributed by atoms with Crippen molar-refractivity contribution in [2.45, 2.75) is 32.7 Å². The number of rotatable bonds is 4. The fourth-order valence-electron chi connectivity index (χ4n) is 2.93. The van der Waals surface area contributed by atoms with Gasteiger partial charge in [-0.1, -0.05) is 0 Å². The van der Waals surface area contributed by atoms with Crippen LogP contribution in [0.2, 0.25) is 0 Å². The summed E-state index contributed by atoms with van der Waals surface area (Å²) in [5.41, 5.74) is 3.63. The number of amides is 1. The topological polar surface area (TPSA) is 72.2 Å². The molecule has 1 N–H and O–H groups in total. The molecule has 0 spiro atoms. The molecule has 3 aromatic rings. The van der Waals surface area contributed by atoms with Gasteiger partial charge in [-0.25, -0.2) is 9.97 Å². The summed E-state index contributed by atoms with van der Waals surface area (Å²) in [4.78, 5) is 25.7. The number of fused-ring (bicyclic) bond motifs is 1. The van der Waals surface area contributed by atoms with E-state index in [1.807, 2.05) is 36.4 Å². The van der Waals surface area contributed by atoms with Crippen LogP contribution >= 0.6 is 0 Å². The molecule has 6 heteroatoms. The van der Waals surface area contributed by atoms with Gasteiger partial charge in [0.2, 0.25) is 0 Å². The molecule has 6 nitrogen and oxygen atoms in total. The molecule has 0 saturated heterocycles. The Labute approximate surface area is 140 Å². The molecule has 1 aliphatic rings. The molecule has 24 heavy (non-hydrogen) atoms. The van der Waals surface area contributed by atoms with E-state index in [4.69, 9.17) is 0 Å². The lowest BCUT2D eigenvalue weighted by Crippen LogP contribution is -2.34. The van der Waals surface area contributed by atoms with Crippen LogP contribution in [0.3, 0.4) is 0 Å². The number of pyridine rings is 1. The average Bonchev–Trinajstić information content (AvgIpc) is 3.35. The molecule has 1 amide bonds. The van der Waals surface area contributed by atoms with E-state index in [9.17, 15) is 4.79 Å². The van der Waals surface area contributed by atoms with Crippen molar-refractivity contribution in [1.29, 1.82) is 0 Å². The minimum absolute atomic E-state index is 0.160. The summed E-state index contributed by atoms with van der Waals surface area (Å²) in [7, 11) is 0. The van der Waals surface area contributed by atoms with Gasteiger partial charge in [-0.2, -0.15) is 0 Å². The summed E-state index contributed by atoms with van der Waals surface area (Å²) in [6.45, 7) is 4.03. The number of aromatic nitrogens is 4. The van der Waals surface area contributed by atoms with Crippen molar-refractivity contribution in [3.8, 4) is 11.3 Å². The highest BCUT2D eigenvalue weighted by Crippen LogP contribution is 2.32. The van der Waals surface area contributed by atoms with Gasteiger partial charge in [0.15, 0.2) is 11.3 Å². The Kier molecular flexibility index (Phi) is 3.52. The quantitative estimate of drug-likeness (QED) is 0.802. The summed E-state index contributed by atoms with van der Waals surface area (Å²) >= 11 is 0. The molecular weight excluding hydrogens is 302 g/mol. The number of carbonyl (C=O) groups is 1. The number of nitrogens with zero attached hydrogens (tertiary/aromatic N) is 4. The van der Waals surface area contributed by atoms with Crippen LogP contribution in [0.4, 0.5) is 0 Å². The third-order valence-electron chi connectivity index (χ3n) is 4.55. The maximum Gasteiger partial charge on any atom is 0.274 e. The lowest BCUT2D eigenvalue weighted by Gasteiger charge is -2.11. The minimum Gasteiger partial charge on any atom is -0.348 e. The van der Waals surface area contributed by atoms with E-state index in [0.29, 0.717) is 17.3 Å². The number of imidazole rings is 1. The second-order valence-corrected chi connectivity index (χ2v) is 6.41. The molecule has 4 rings (SSSR count). The van der Waals surface area contributed by atoms with Crippen LogP contribution in [-0.4, -0.2) is 31.3 Å². The standard InChI is InChI=1S/C18H19N5O/c1-11-8-15(14-4-3-7-19-9-14)22-17-16(20-10-23(11)17)18(24)21-12(2)13-5-6-13/h3-4,7-10,12-13H,5-6H2,1-2H3,(H,21,24). The average molecular weight is 321 g/mol. The smallest absolute Gasteiger partial charge is 0.274 e. The van der Waals surface area contributed by atoms with Gasteiger partial charge in [-0.3, -0.25) is 14.2 Å². The first kappa shape index (κ1) is 14.8. The van der Waals surface area contributed by atoms with Crippen molar-refractivity contribution in [3.05, 3.63) is 48.3 Å². The number of hydrogen-bond acceptors (Lipinski definition) is 4. The Morgan fingerprint density at radius 2 is 2.25 bits per heavy atom.